The topological polar surface area (TPSA) is 75.3 Å². The molecule has 2 atom stereocenters. The van der Waals surface area contributed by atoms with Crippen LogP contribution >= 0.6 is 11.6 Å². The van der Waals surface area contributed by atoms with E-state index in [1.807, 2.05) is 0 Å². The number of carbonyl (C=O) groups is 1. The molecule has 1 aromatic rings. The van der Waals surface area contributed by atoms with Gasteiger partial charge in [-0.25, -0.2) is 0 Å². The Balaban J connectivity index is 1.96. The molecular weight excluding hydrogens is 276 g/mol. The molecule has 0 bridgehead atoms. The Hall–Kier alpha value is -1.26. The number of nitrogen functional groups attached to an aromatic ring is 1. The van der Waals surface area contributed by atoms with Crippen molar-refractivity contribution in [3.05, 3.63) is 28.8 Å². The van der Waals surface area contributed by atoms with Gasteiger partial charge in [-0.1, -0.05) is 31.4 Å². The van der Waals surface area contributed by atoms with E-state index < -0.39 is 5.60 Å². The van der Waals surface area contributed by atoms with E-state index in [1.54, 1.807) is 18.2 Å². The molecule has 2 rings (SSSR count). The van der Waals surface area contributed by atoms with E-state index in [0.29, 0.717) is 22.2 Å². The molecule has 1 amide bonds. The predicted octanol–water partition coefficient (Wildman–Crippen LogP) is 2.59. The molecule has 20 heavy (non-hydrogen) atoms. The number of aliphatic hydroxyl groups is 1. The summed E-state index contributed by atoms with van der Waals surface area (Å²) in [4.78, 5) is 12.1. The van der Waals surface area contributed by atoms with Gasteiger partial charge in [-0.05, 0) is 37.0 Å². The maximum Gasteiger partial charge on any atom is 0.251 e. The third-order valence-corrected chi connectivity index (χ3v) is 4.24. The van der Waals surface area contributed by atoms with Gasteiger partial charge in [0.2, 0.25) is 0 Å². The molecule has 2 unspecified atom stereocenters. The zero-order valence-corrected chi connectivity index (χ0v) is 12.4. The average Bonchev–Trinajstić information content (AvgIpc) is 2.39. The fraction of sp³-hybridized carbons (Fsp3) is 0.533. The number of nitrogens with two attached hydrogens (primary N) is 1. The summed E-state index contributed by atoms with van der Waals surface area (Å²) in [5, 5.41) is 13.6. The summed E-state index contributed by atoms with van der Waals surface area (Å²) < 4.78 is 0. The Morgan fingerprint density at radius 1 is 1.60 bits per heavy atom. The van der Waals surface area contributed by atoms with Crippen LogP contribution < -0.4 is 11.1 Å². The van der Waals surface area contributed by atoms with E-state index in [4.69, 9.17) is 17.3 Å². The maximum atomic E-state index is 12.1. The lowest BCUT2D eigenvalue weighted by Gasteiger charge is -2.35. The largest absolute Gasteiger partial charge is 0.398 e. The molecule has 0 aromatic heterocycles. The lowest BCUT2D eigenvalue weighted by atomic mass is 9.79. The van der Waals surface area contributed by atoms with Crippen molar-refractivity contribution in [2.45, 2.75) is 38.2 Å². The first kappa shape index (κ1) is 15.1. The van der Waals surface area contributed by atoms with E-state index in [-0.39, 0.29) is 12.5 Å². The van der Waals surface area contributed by atoms with Crippen LogP contribution in [0.15, 0.2) is 18.2 Å². The fourth-order valence-electron chi connectivity index (χ4n) is 2.81. The first-order valence-corrected chi connectivity index (χ1v) is 7.33. The molecule has 4 nitrogen and oxygen atoms in total. The number of hydrogen-bond donors (Lipinski definition) is 3. The van der Waals surface area contributed by atoms with E-state index in [2.05, 4.69) is 12.2 Å². The highest BCUT2D eigenvalue weighted by atomic mass is 35.5. The van der Waals surface area contributed by atoms with Gasteiger partial charge in [-0.2, -0.15) is 0 Å². The lowest BCUT2D eigenvalue weighted by molar-refractivity contribution is -0.0109. The third-order valence-electron chi connectivity index (χ3n) is 3.91. The van der Waals surface area contributed by atoms with Crippen LogP contribution in [0.3, 0.4) is 0 Å². The van der Waals surface area contributed by atoms with Gasteiger partial charge in [0.1, 0.15) is 0 Å². The van der Waals surface area contributed by atoms with Gasteiger partial charge in [0.25, 0.3) is 5.91 Å². The van der Waals surface area contributed by atoms with Gasteiger partial charge in [0.15, 0.2) is 0 Å². The highest BCUT2D eigenvalue weighted by molar-refractivity contribution is 6.33. The molecule has 0 radical (unpaired) electrons. The minimum absolute atomic E-state index is 0.237. The van der Waals surface area contributed by atoms with Crippen molar-refractivity contribution in [3.8, 4) is 0 Å². The lowest BCUT2D eigenvalue weighted by Crippen LogP contribution is -2.45. The summed E-state index contributed by atoms with van der Waals surface area (Å²) in [5.41, 5.74) is 5.73. The number of rotatable bonds is 3. The van der Waals surface area contributed by atoms with Crippen LogP contribution in [0.4, 0.5) is 5.69 Å². The van der Waals surface area contributed by atoms with Crippen LogP contribution in [-0.2, 0) is 0 Å². The molecule has 5 heteroatoms. The van der Waals surface area contributed by atoms with E-state index in [9.17, 15) is 9.90 Å². The number of anilines is 1. The minimum Gasteiger partial charge on any atom is -0.398 e. The summed E-state index contributed by atoms with van der Waals surface area (Å²) >= 11 is 5.90. The van der Waals surface area contributed by atoms with Gasteiger partial charge in [-0.15, -0.1) is 0 Å². The number of nitrogens with one attached hydrogen (secondary N) is 1. The maximum absolute atomic E-state index is 12.1. The van der Waals surface area contributed by atoms with Gasteiger partial charge in [0, 0.05) is 12.1 Å². The summed E-state index contributed by atoms with van der Waals surface area (Å²) in [5.74, 6) is 0.259. The Bertz CT molecular complexity index is 507. The average molecular weight is 297 g/mol. The van der Waals surface area contributed by atoms with Crippen molar-refractivity contribution >= 4 is 23.2 Å². The molecule has 0 aliphatic heterocycles. The highest BCUT2D eigenvalue weighted by Gasteiger charge is 2.32. The summed E-state index contributed by atoms with van der Waals surface area (Å²) in [7, 11) is 0. The molecule has 0 saturated heterocycles. The number of halogens is 1. The molecule has 1 saturated carbocycles. The van der Waals surface area contributed by atoms with Crippen molar-refractivity contribution in [1.82, 2.24) is 5.32 Å². The smallest absolute Gasteiger partial charge is 0.251 e. The molecule has 0 heterocycles. The van der Waals surface area contributed by atoms with Crippen LogP contribution in [-0.4, -0.2) is 23.2 Å². The first-order chi connectivity index (χ1) is 9.39. The molecule has 1 aliphatic rings. The minimum atomic E-state index is -0.787. The Labute approximate surface area is 124 Å². The highest BCUT2D eigenvalue weighted by Crippen LogP contribution is 2.31. The third kappa shape index (κ3) is 3.64. The number of hydrogen-bond acceptors (Lipinski definition) is 3. The fourth-order valence-corrected chi connectivity index (χ4v) is 2.99. The molecule has 1 fully saturated rings. The van der Waals surface area contributed by atoms with E-state index in [1.165, 1.54) is 0 Å². The summed E-state index contributed by atoms with van der Waals surface area (Å²) in [6, 6.07) is 4.78. The second-order valence-corrected chi connectivity index (χ2v) is 6.25. The number of carbonyl (C=O) groups excluding carboxylic acids is 1. The molecule has 0 spiro atoms. The van der Waals surface area contributed by atoms with Crippen molar-refractivity contribution in [2.75, 3.05) is 12.3 Å². The molecule has 110 valence electrons. The standard InChI is InChI=1S/C15H21ClN2O2/c1-10-3-2-6-15(20,8-10)9-18-14(19)11-4-5-13(17)12(16)7-11/h4-5,7,10,20H,2-3,6,8-9,17H2,1H3,(H,18,19). The molecule has 1 aromatic carbocycles. The van der Waals surface area contributed by atoms with E-state index >= 15 is 0 Å². The van der Waals surface area contributed by atoms with Crippen molar-refractivity contribution < 1.29 is 9.90 Å². The van der Waals surface area contributed by atoms with Crippen molar-refractivity contribution in [1.29, 1.82) is 0 Å². The Kier molecular flexibility index (Phi) is 4.55. The van der Waals surface area contributed by atoms with Gasteiger partial charge in [0.05, 0.1) is 16.3 Å². The van der Waals surface area contributed by atoms with Crippen molar-refractivity contribution in [2.24, 2.45) is 5.92 Å². The second kappa shape index (κ2) is 6.02. The molecular formula is C15H21ClN2O2. The normalized spacial score (nSPS) is 26.2. The second-order valence-electron chi connectivity index (χ2n) is 5.84. The Morgan fingerprint density at radius 3 is 3.00 bits per heavy atom. The zero-order chi connectivity index (χ0) is 14.8. The van der Waals surface area contributed by atoms with Crippen LogP contribution in [0, 0.1) is 5.92 Å². The van der Waals surface area contributed by atoms with Gasteiger partial charge >= 0.3 is 0 Å². The quantitative estimate of drug-likeness (QED) is 0.751. The first-order valence-electron chi connectivity index (χ1n) is 6.95. The molecule has 4 N–H and O–H groups in total. The zero-order valence-electron chi connectivity index (χ0n) is 11.7. The number of benzene rings is 1. The molecule has 1 aliphatic carbocycles. The SMILES string of the molecule is CC1CCCC(O)(CNC(=O)c2ccc(N)c(Cl)c2)C1. The summed E-state index contributed by atoms with van der Waals surface area (Å²) in [6.45, 7) is 2.41. The van der Waals surface area contributed by atoms with E-state index in [0.717, 1.165) is 25.7 Å². The van der Waals surface area contributed by atoms with Crippen LogP contribution in [0.5, 0.6) is 0 Å². The number of amides is 1. The van der Waals surface area contributed by atoms with Gasteiger partial charge in [-0.3, -0.25) is 4.79 Å². The van der Waals surface area contributed by atoms with Crippen LogP contribution in [0.2, 0.25) is 5.02 Å². The Morgan fingerprint density at radius 2 is 2.35 bits per heavy atom. The van der Waals surface area contributed by atoms with Crippen LogP contribution in [0.25, 0.3) is 0 Å². The van der Waals surface area contributed by atoms with Crippen LogP contribution in [0.1, 0.15) is 43.0 Å². The summed E-state index contributed by atoms with van der Waals surface area (Å²) in [6.07, 6.45) is 3.61. The predicted molar refractivity (Wildman–Crippen MR) is 80.8 cm³/mol. The van der Waals surface area contributed by atoms with Crippen molar-refractivity contribution in [3.63, 3.8) is 0 Å². The monoisotopic (exact) mass is 296 g/mol. The van der Waals surface area contributed by atoms with Gasteiger partial charge < -0.3 is 16.2 Å².